The van der Waals surface area contributed by atoms with Crippen molar-refractivity contribution in [2.24, 2.45) is 0 Å². The third kappa shape index (κ3) is 2.66. The quantitative estimate of drug-likeness (QED) is 0.657. The molecule has 1 fully saturated rings. The maximum absolute atomic E-state index is 13.7. The Labute approximate surface area is 113 Å². The fourth-order valence-corrected chi connectivity index (χ4v) is 1.88. The SMILES string of the molecule is CC1(C)OB(c2ccc(CCO)c(F)n2)OC1(C)C. The number of aliphatic hydroxyl groups is 1. The van der Waals surface area contributed by atoms with Gasteiger partial charge in [0.05, 0.1) is 16.8 Å². The smallest absolute Gasteiger partial charge is 0.398 e. The molecule has 2 heterocycles. The zero-order chi connectivity index (χ0) is 14.3. The van der Waals surface area contributed by atoms with Crippen molar-refractivity contribution in [3.63, 3.8) is 0 Å². The second kappa shape index (κ2) is 4.85. The van der Waals surface area contributed by atoms with E-state index in [-0.39, 0.29) is 13.0 Å². The van der Waals surface area contributed by atoms with Crippen LogP contribution in [-0.4, -0.2) is 35.0 Å². The van der Waals surface area contributed by atoms with Crippen LogP contribution >= 0.6 is 0 Å². The highest BCUT2D eigenvalue weighted by atomic mass is 19.1. The van der Waals surface area contributed by atoms with E-state index in [0.29, 0.717) is 11.2 Å². The fourth-order valence-electron chi connectivity index (χ4n) is 1.88. The van der Waals surface area contributed by atoms with E-state index in [1.807, 2.05) is 27.7 Å². The van der Waals surface area contributed by atoms with Gasteiger partial charge < -0.3 is 14.4 Å². The monoisotopic (exact) mass is 267 g/mol. The van der Waals surface area contributed by atoms with Crippen LogP contribution in [0.2, 0.25) is 0 Å². The summed E-state index contributed by atoms with van der Waals surface area (Å²) in [5.74, 6) is -0.582. The first-order valence-corrected chi connectivity index (χ1v) is 6.38. The average Bonchev–Trinajstić information content (AvgIpc) is 2.51. The molecule has 0 aliphatic carbocycles. The molecule has 6 heteroatoms. The fraction of sp³-hybridized carbons (Fsp3) is 0.615. The Morgan fingerprint density at radius 1 is 1.21 bits per heavy atom. The van der Waals surface area contributed by atoms with Gasteiger partial charge in [-0.2, -0.15) is 4.39 Å². The molecule has 1 aliphatic heterocycles. The van der Waals surface area contributed by atoms with Crippen LogP contribution in [0.1, 0.15) is 33.3 Å². The number of halogens is 1. The van der Waals surface area contributed by atoms with E-state index in [0.717, 1.165) is 0 Å². The van der Waals surface area contributed by atoms with Crippen molar-refractivity contribution < 1.29 is 18.8 Å². The topological polar surface area (TPSA) is 51.6 Å². The van der Waals surface area contributed by atoms with Gasteiger partial charge in [0.15, 0.2) is 0 Å². The molecule has 0 aromatic carbocycles. The highest BCUT2D eigenvalue weighted by Gasteiger charge is 2.52. The van der Waals surface area contributed by atoms with Crippen molar-refractivity contribution in [1.29, 1.82) is 0 Å². The maximum atomic E-state index is 13.7. The number of rotatable bonds is 3. The zero-order valence-electron chi connectivity index (χ0n) is 11.7. The Bertz CT molecular complexity index is 463. The molecule has 0 amide bonds. The predicted octanol–water partition coefficient (Wildman–Crippen LogP) is 1.05. The number of aromatic nitrogens is 1. The molecule has 0 unspecified atom stereocenters. The normalized spacial score (nSPS) is 20.8. The molecule has 2 rings (SSSR count). The summed E-state index contributed by atoms with van der Waals surface area (Å²) < 4.78 is 25.4. The first-order chi connectivity index (χ1) is 8.77. The second-order valence-corrected chi connectivity index (χ2v) is 5.75. The summed E-state index contributed by atoms with van der Waals surface area (Å²) in [7, 11) is -0.664. The van der Waals surface area contributed by atoms with Gasteiger partial charge in [-0.15, -0.1) is 0 Å². The van der Waals surface area contributed by atoms with Crippen LogP contribution in [0.15, 0.2) is 12.1 Å². The van der Waals surface area contributed by atoms with Gasteiger partial charge in [-0.25, -0.2) is 4.98 Å². The number of hydrogen-bond acceptors (Lipinski definition) is 4. The Kier molecular flexibility index (Phi) is 3.68. The lowest BCUT2D eigenvalue weighted by Gasteiger charge is -2.32. The number of aliphatic hydroxyl groups excluding tert-OH is 1. The van der Waals surface area contributed by atoms with E-state index in [1.165, 1.54) is 0 Å². The van der Waals surface area contributed by atoms with Crippen molar-refractivity contribution in [2.45, 2.75) is 45.3 Å². The van der Waals surface area contributed by atoms with E-state index >= 15 is 0 Å². The van der Waals surface area contributed by atoms with E-state index in [4.69, 9.17) is 14.4 Å². The minimum Gasteiger partial charge on any atom is -0.398 e. The summed E-state index contributed by atoms with van der Waals surface area (Å²) in [5.41, 5.74) is -0.139. The first kappa shape index (κ1) is 14.4. The maximum Gasteiger partial charge on any atom is 0.514 e. The molecule has 1 aromatic rings. The van der Waals surface area contributed by atoms with Crippen LogP contribution in [0.3, 0.4) is 0 Å². The molecule has 1 aromatic heterocycles. The molecule has 4 nitrogen and oxygen atoms in total. The highest BCUT2D eigenvalue weighted by molar-refractivity contribution is 6.61. The molecule has 0 saturated carbocycles. The lowest BCUT2D eigenvalue weighted by atomic mass is 9.84. The summed E-state index contributed by atoms with van der Waals surface area (Å²) >= 11 is 0. The largest absolute Gasteiger partial charge is 0.514 e. The highest BCUT2D eigenvalue weighted by Crippen LogP contribution is 2.36. The standard InChI is InChI=1S/C13H19BFNO3/c1-12(2)13(3,4)19-14(18-12)10-6-5-9(7-8-17)11(15)16-10/h5-6,17H,7-8H2,1-4H3. The van der Waals surface area contributed by atoms with Gasteiger partial charge in [-0.1, -0.05) is 6.07 Å². The third-order valence-electron chi connectivity index (χ3n) is 3.82. The van der Waals surface area contributed by atoms with Crippen LogP contribution in [-0.2, 0) is 15.7 Å². The lowest BCUT2D eigenvalue weighted by Crippen LogP contribution is -2.41. The van der Waals surface area contributed by atoms with Crippen LogP contribution in [0.4, 0.5) is 4.39 Å². The van der Waals surface area contributed by atoms with Gasteiger partial charge in [-0.3, -0.25) is 0 Å². The molecular formula is C13H19BFNO3. The molecule has 1 aliphatic rings. The summed E-state index contributed by atoms with van der Waals surface area (Å²) in [4.78, 5) is 3.88. The van der Waals surface area contributed by atoms with Gasteiger partial charge in [-0.05, 0) is 40.2 Å². The summed E-state index contributed by atoms with van der Waals surface area (Å²) in [6.45, 7) is 7.63. The Balaban J connectivity index is 2.23. The van der Waals surface area contributed by atoms with Crippen LogP contribution in [0.25, 0.3) is 0 Å². The summed E-state index contributed by atoms with van der Waals surface area (Å²) in [5, 5.41) is 8.82. The lowest BCUT2D eigenvalue weighted by molar-refractivity contribution is 0.00578. The Hall–Kier alpha value is -0.975. The number of nitrogens with zero attached hydrogens (tertiary/aromatic N) is 1. The van der Waals surface area contributed by atoms with Crippen molar-refractivity contribution in [3.05, 3.63) is 23.6 Å². The van der Waals surface area contributed by atoms with Gasteiger partial charge in [0.2, 0.25) is 5.95 Å². The van der Waals surface area contributed by atoms with E-state index in [2.05, 4.69) is 4.98 Å². The molecule has 1 saturated heterocycles. The molecule has 104 valence electrons. The zero-order valence-corrected chi connectivity index (χ0v) is 11.7. The molecule has 0 atom stereocenters. The Morgan fingerprint density at radius 3 is 2.26 bits per heavy atom. The number of pyridine rings is 1. The number of hydrogen-bond donors (Lipinski definition) is 1. The molecule has 0 radical (unpaired) electrons. The van der Waals surface area contributed by atoms with Crippen molar-refractivity contribution in [2.75, 3.05) is 6.61 Å². The van der Waals surface area contributed by atoms with E-state index in [1.54, 1.807) is 12.1 Å². The van der Waals surface area contributed by atoms with E-state index < -0.39 is 24.3 Å². The van der Waals surface area contributed by atoms with Gasteiger partial charge in [0, 0.05) is 12.2 Å². The minimum atomic E-state index is -0.664. The van der Waals surface area contributed by atoms with Crippen LogP contribution < -0.4 is 5.59 Å². The van der Waals surface area contributed by atoms with Crippen molar-refractivity contribution >= 4 is 12.7 Å². The average molecular weight is 267 g/mol. The van der Waals surface area contributed by atoms with Gasteiger partial charge >= 0.3 is 7.12 Å². The van der Waals surface area contributed by atoms with Crippen LogP contribution in [0.5, 0.6) is 0 Å². The van der Waals surface area contributed by atoms with E-state index in [9.17, 15) is 4.39 Å². The minimum absolute atomic E-state index is 0.103. The molecule has 0 bridgehead atoms. The molecule has 1 N–H and O–H groups in total. The first-order valence-electron chi connectivity index (χ1n) is 6.38. The summed E-state index contributed by atoms with van der Waals surface area (Å²) in [6.07, 6.45) is 0.252. The van der Waals surface area contributed by atoms with Gasteiger partial charge in [0.25, 0.3) is 0 Å². The van der Waals surface area contributed by atoms with Crippen molar-refractivity contribution in [3.8, 4) is 0 Å². The predicted molar refractivity (Wildman–Crippen MR) is 70.7 cm³/mol. The summed E-state index contributed by atoms with van der Waals surface area (Å²) in [6, 6.07) is 3.29. The third-order valence-corrected chi connectivity index (χ3v) is 3.82. The Morgan fingerprint density at radius 2 is 1.79 bits per heavy atom. The van der Waals surface area contributed by atoms with Crippen molar-refractivity contribution in [1.82, 2.24) is 4.98 Å². The van der Waals surface area contributed by atoms with Crippen LogP contribution in [0, 0.1) is 5.95 Å². The molecule has 19 heavy (non-hydrogen) atoms. The van der Waals surface area contributed by atoms with Gasteiger partial charge in [0.1, 0.15) is 0 Å². The second-order valence-electron chi connectivity index (χ2n) is 5.75. The molecular weight excluding hydrogens is 248 g/mol. The molecule has 0 spiro atoms.